The first-order chi connectivity index (χ1) is 14.1. The molecule has 0 aliphatic carbocycles. The molecule has 1 amide bonds. The number of nitrogens with zero attached hydrogens (tertiary/aromatic N) is 4. The minimum atomic E-state index is -4.27. The van der Waals surface area contributed by atoms with Crippen molar-refractivity contribution in [2.24, 2.45) is 5.92 Å². The minimum Gasteiger partial charge on any atom is -0.372 e. The van der Waals surface area contributed by atoms with E-state index >= 15 is 0 Å². The predicted molar refractivity (Wildman–Crippen MR) is 109 cm³/mol. The van der Waals surface area contributed by atoms with Crippen LogP contribution in [0.15, 0.2) is 0 Å². The monoisotopic (exact) mass is 432 g/mol. The fraction of sp³-hybridized carbons (Fsp3) is 0.810. The lowest BCUT2D eigenvalue weighted by Crippen LogP contribution is -2.49. The van der Waals surface area contributed by atoms with Crippen LogP contribution in [0, 0.1) is 19.8 Å². The Labute approximate surface area is 177 Å². The summed E-state index contributed by atoms with van der Waals surface area (Å²) in [5.74, 6) is 0.670. The van der Waals surface area contributed by atoms with E-state index in [1.807, 2.05) is 16.5 Å². The number of hydrogen-bond acceptors (Lipinski definition) is 4. The van der Waals surface area contributed by atoms with Crippen LogP contribution in [0.5, 0.6) is 0 Å². The summed E-state index contributed by atoms with van der Waals surface area (Å²) < 4.78 is 42.8. The van der Waals surface area contributed by atoms with Crippen molar-refractivity contribution in [3.05, 3.63) is 17.0 Å². The molecule has 0 N–H and O–H groups in total. The third kappa shape index (κ3) is 7.91. The number of aromatic nitrogens is 2. The molecule has 0 unspecified atom stereocenters. The summed E-state index contributed by atoms with van der Waals surface area (Å²) >= 11 is 0. The molecule has 0 atom stereocenters. The lowest BCUT2D eigenvalue weighted by molar-refractivity contribution is -0.174. The number of rotatable bonds is 10. The number of carbonyl (C=O) groups excluding carboxylic acids is 1. The van der Waals surface area contributed by atoms with Gasteiger partial charge in [0.1, 0.15) is 6.61 Å². The minimum absolute atomic E-state index is 0.0991. The maximum Gasteiger partial charge on any atom is 0.411 e. The second-order valence-electron chi connectivity index (χ2n) is 8.47. The summed E-state index contributed by atoms with van der Waals surface area (Å²) in [5, 5.41) is 4.62. The van der Waals surface area contributed by atoms with Crippen molar-refractivity contribution in [1.82, 2.24) is 19.6 Å². The van der Waals surface area contributed by atoms with Crippen LogP contribution in [-0.4, -0.2) is 77.6 Å². The lowest BCUT2D eigenvalue weighted by Gasteiger charge is -2.34. The highest BCUT2D eigenvalue weighted by Crippen LogP contribution is 2.18. The molecule has 1 aliphatic rings. The van der Waals surface area contributed by atoms with Crippen LogP contribution in [0.1, 0.15) is 43.6 Å². The van der Waals surface area contributed by atoms with Crippen LogP contribution in [0.3, 0.4) is 0 Å². The first-order valence-corrected chi connectivity index (χ1v) is 10.7. The standard InChI is InChI=1S/C21H35F3N4O2/c1-16(2)14-28-18(4)19(17(3)25-28)6-7-20(29)27-11-9-26(10-12-27)8-5-13-30-15-21(22,23)24/h16H,5-15H2,1-4H3. The first-order valence-electron chi connectivity index (χ1n) is 10.7. The fourth-order valence-electron chi connectivity index (χ4n) is 3.81. The summed E-state index contributed by atoms with van der Waals surface area (Å²) in [7, 11) is 0. The van der Waals surface area contributed by atoms with Gasteiger partial charge in [-0.2, -0.15) is 18.3 Å². The van der Waals surface area contributed by atoms with Gasteiger partial charge in [-0.1, -0.05) is 13.8 Å². The number of ether oxygens (including phenoxy) is 1. The number of alkyl halides is 3. The van der Waals surface area contributed by atoms with Gasteiger partial charge in [0.05, 0.1) is 5.69 Å². The van der Waals surface area contributed by atoms with Crippen molar-refractivity contribution >= 4 is 5.91 Å². The summed E-state index contributed by atoms with van der Waals surface area (Å²) in [5.41, 5.74) is 3.31. The van der Waals surface area contributed by atoms with E-state index in [9.17, 15) is 18.0 Å². The largest absolute Gasteiger partial charge is 0.411 e. The SMILES string of the molecule is Cc1nn(CC(C)C)c(C)c1CCC(=O)N1CCN(CCCOCC(F)(F)F)CC1. The van der Waals surface area contributed by atoms with Gasteiger partial charge < -0.3 is 9.64 Å². The molecule has 2 rings (SSSR count). The van der Waals surface area contributed by atoms with E-state index in [0.717, 1.165) is 31.0 Å². The third-order valence-corrected chi connectivity index (χ3v) is 5.41. The van der Waals surface area contributed by atoms with Crippen LogP contribution in [0.4, 0.5) is 13.2 Å². The van der Waals surface area contributed by atoms with Crippen molar-refractivity contribution in [3.63, 3.8) is 0 Å². The van der Waals surface area contributed by atoms with Crippen molar-refractivity contribution in [2.45, 2.75) is 59.7 Å². The van der Waals surface area contributed by atoms with E-state index < -0.39 is 12.8 Å². The highest BCUT2D eigenvalue weighted by molar-refractivity contribution is 5.76. The van der Waals surface area contributed by atoms with Gasteiger partial charge in [0, 0.05) is 58.0 Å². The maximum absolute atomic E-state index is 12.6. The van der Waals surface area contributed by atoms with E-state index in [1.165, 1.54) is 5.56 Å². The van der Waals surface area contributed by atoms with Gasteiger partial charge in [-0.25, -0.2) is 0 Å². The second kappa shape index (κ2) is 11.1. The average Bonchev–Trinajstić information content (AvgIpc) is 2.91. The number of amides is 1. The molecule has 172 valence electrons. The molecule has 1 aromatic rings. The zero-order valence-corrected chi connectivity index (χ0v) is 18.6. The van der Waals surface area contributed by atoms with Crippen molar-refractivity contribution in [2.75, 3.05) is 45.9 Å². The zero-order valence-electron chi connectivity index (χ0n) is 18.6. The van der Waals surface area contributed by atoms with Crippen molar-refractivity contribution < 1.29 is 22.7 Å². The molecule has 0 radical (unpaired) electrons. The molecule has 0 saturated carbocycles. The molecule has 0 bridgehead atoms. The Kier molecular flexibility index (Phi) is 9.15. The molecule has 1 aromatic heterocycles. The van der Waals surface area contributed by atoms with Gasteiger partial charge in [-0.15, -0.1) is 0 Å². The molecular weight excluding hydrogens is 397 g/mol. The van der Waals surface area contributed by atoms with Gasteiger partial charge in [0.25, 0.3) is 0 Å². The molecule has 1 saturated heterocycles. The Morgan fingerprint density at radius 2 is 1.83 bits per heavy atom. The van der Waals surface area contributed by atoms with Gasteiger partial charge in [-0.3, -0.25) is 14.4 Å². The second-order valence-corrected chi connectivity index (χ2v) is 8.47. The van der Waals surface area contributed by atoms with Crippen molar-refractivity contribution in [3.8, 4) is 0 Å². The number of carbonyl (C=O) groups is 1. The molecule has 0 aromatic carbocycles. The van der Waals surface area contributed by atoms with Crippen LogP contribution >= 0.6 is 0 Å². The topological polar surface area (TPSA) is 50.6 Å². The Bertz CT molecular complexity index is 681. The van der Waals surface area contributed by atoms with Gasteiger partial charge in [-0.05, 0) is 38.2 Å². The van der Waals surface area contributed by atoms with Gasteiger partial charge in [0.15, 0.2) is 0 Å². The number of hydrogen-bond donors (Lipinski definition) is 0. The van der Waals surface area contributed by atoms with E-state index in [2.05, 4.69) is 35.5 Å². The Morgan fingerprint density at radius 1 is 1.17 bits per heavy atom. The fourth-order valence-corrected chi connectivity index (χ4v) is 3.81. The maximum atomic E-state index is 12.6. The summed E-state index contributed by atoms with van der Waals surface area (Å²) in [6, 6.07) is 0. The molecule has 0 spiro atoms. The average molecular weight is 433 g/mol. The van der Waals surface area contributed by atoms with Crippen LogP contribution < -0.4 is 0 Å². The molecule has 9 heteroatoms. The highest BCUT2D eigenvalue weighted by Gasteiger charge is 2.27. The van der Waals surface area contributed by atoms with E-state index in [0.29, 0.717) is 44.8 Å². The Hall–Kier alpha value is -1.61. The highest BCUT2D eigenvalue weighted by atomic mass is 19.4. The predicted octanol–water partition coefficient (Wildman–Crippen LogP) is 3.20. The normalized spacial score (nSPS) is 15.9. The van der Waals surface area contributed by atoms with E-state index in [-0.39, 0.29) is 12.5 Å². The molecule has 6 nitrogen and oxygen atoms in total. The van der Waals surface area contributed by atoms with Crippen LogP contribution in [-0.2, 0) is 22.5 Å². The molecule has 30 heavy (non-hydrogen) atoms. The quantitative estimate of drug-likeness (QED) is 0.533. The Balaban J connectivity index is 1.69. The van der Waals surface area contributed by atoms with Crippen molar-refractivity contribution in [1.29, 1.82) is 0 Å². The van der Waals surface area contributed by atoms with Crippen LogP contribution in [0.2, 0.25) is 0 Å². The molecule has 2 heterocycles. The first kappa shape index (κ1) is 24.7. The molecule has 1 aliphatic heterocycles. The van der Waals surface area contributed by atoms with E-state index in [1.54, 1.807) is 0 Å². The number of piperazine rings is 1. The smallest absolute Gasteiger partial charge is 0.372 e. The molecular formula is C21H35F3N4O2. The van der Waals surface area contributed by atoms with Gasteiger partial charge in [0.2, 0.25) is 5.91 Å². The molecule has 1 fully saturated rings. The Morgan fingerprint density at radius 3 is 2.43 bits per heavy atom. The van der Waals surface area contributed by atoms with Crippen LogP contribution in [0.25, 0.3) is 0 Å². The summed E-state index contributed by atoms with van der Waals surface area (Å²) in [6.07, 6.45) is -2.54. The van der Waals surface area contributed by atoms with Gasteiger partial charge >= 0.3 is 6.18 Å². The third-order valence-electron chi connectivity index (χ3n) is 5.41. The lowest BCUT2D eigenvalue weighted by atomic mass is 10.1. The van der Waals surface area contributed by atoms with E-state index in [4.69, 9.17) is 0 Å². The summed E-state index contributed by atoms with van der Waals surface area (Å²) in [6.45, 7) is 11.7. The number of aryl methyl sites for hydroxylation is 1. The number of halogens is 3. The summed E-state index contributed by atoms with van der Waals surface area (Å²) in [4.78, 5) is 16.7. The zero-order chi connectivity index (χ0) is 22.3.